The number of hydrogen-bond acceptors (Lipinski definition) is 2. The molecule has 0 aromatic carbocycles. The second-order valence-electron chi connectivity index (χ2n) is 6.91. The van der Waals surface area contributed by atoms with Crippen LogP contribution in [-0.2, 0) is 4.79 Å². The Morgan fingerprint density at radius 2 is 1.42 bits per heavy atom. The molecular weight excluding hydrogens is 238 g/mol. The van der Waals surface area contributed by atoms with Crippen molar-refractivity contribution in [2.75, 3.05) is 0 Å². The van der Waals surface area contributed by atoms with Crippen molar-refractivity contribution in [1.82, 2.24) is 5.32 Å². The fourth-order valence-corrected chi connectivity index (χ4v) is 3.79. The first kappa shape index (κ1) is 14.8. The highest BCUT2D eigenvalue weighted by molar-refractivity contribution is 5.70. The lowest BCUT2D eigenvalue weighted by Gasteiger charge is -2.35. The summed E-state index contributed by atoms with van der Waals surface area (Å²) >= 11 is 0. The molecule has 0 bridgehead atoms. The molecule has 3 nitrogen and oxygen atoms in total. The minimum Gasteiger partial charge on any atom is -0.481 e. The molecule has 110 valence electrons. The molecule has 0 saturated heterocycles. The minimum atomic E-state index is -0.601. The molecule has 2 aliphatic rings. The lowest BCUT2D eigenvalue weighted by molar-refractivity contribution is -0.142. The van der Waals surface area contributed by atoms with Crippen LogP contribution in [0.4, 0.5) is 0 Å². The molecule has 0 heterocycles. The fraction of sp³-hybridized carbons (Fsp3) is 0.938. The van der Waals surface area contributed by atoms with Crippen LogP contribution < -0.4 is 5.32 Å². The molecular formula is C16H29NO2. The number of carboxylic acids is 1. The molecule has 0 radical (unpaired) electrons. The third kappa shape index (κ3) is 4.20. The third-order valence-electron chi connectivity index (χ3n) is 5.26. The van der Waals surface area contributed by atoms with E-state index in [2.05, 4.69) is 19.2 Å². The Bertz CT molecular complexity index is 287. The van der Waals surface area contributed by atoms with Gasteiger partial charge >= 0.3 is 5.97 Å². The van der Waals surface area contributed by atoms with E-state index in [-0.39, 0.29) is 5.92 Å². The Kier molecular flexibility index (Phi) is 5.26. The van der Waals surface area contributed by atoms with Gasteiger partial charge < -0.3 is 10.4 Å². The van der Waals surface area contributed by atoms with Crippen molar-refractivity contribution < 1.29 is 9.90 Å². The van der Waals surface area contributed by atoms with E-state index >= 15 is 0 Å². The summed E-state index contributed by atoms with van der Waals surface area (Å²) in [7, 11) is 0. The highest BCUT2D eigenvalue weighted by Gasteiger charge is 2.29. The molecule has 0 aromatic rings. The molecule has 0 atom stereocenters. The first-order valence-corrected chi connectivity index (χ1v) is 8.05. The van der Waals surface area contributed by atoms with E-state index in [1.165, 1.54) is 25.7 Å². The number of rotatable bonds is 4. The van der Waals surface area contributed by atoms with Crippen molar-refractivity contribution in [2.45, 2.75) is 77.3 Å². The highest BCUT2D eigenvalue weighted by Crippen LogP contribution is 2.31. The zero-order valence-electron chi connectivity index (χ0n) is 12.4. The smallest absolute Gasteiger partial charge is 0.306 e. The third-order valence-corrected chi connectivity index (χ3v) is 5.26. The second-order valence-corrected chi connectivity index (χ2v) is 6.91. The molecule has 0 spiro atoms. The van der Waals surface area contributed by atoms with Crippen LogP contribution >= 0.6 is 0 Å². The van der Waals surface area contributed by atoms with Gasteiger partial charge in [-0.2, -0.15) is 0 Å². The first-order chi connectivity index (χ1) is 9.06. The van der Waals surface area contributed by atoms with Crippen LogP contribution in [0, 0.1) is 17.8 Å². The zero-order valence-corrected chi connectivity index (χ0v) is 12.4. The summed E-state index contributed by atoms with van der Waals surface area (Å²) in [6.07, 6.45) is 9.13. The van der Waals surface area contributed by atoms with Gasteiger partial charge in [0.05, 0.1) is 5.92 Å². The molecule has 2 N–H and O–H groups in total. The van der Waals surface area contributed by atoms with E-state index in [1.54, 1.807) is 0 Å². The summed E-state index contributed by atoms with van der Waals surface area (Å²) in [6.45, 7) is 4.68. The van der Waals surface area contributed by atoms with Gasteiger partial charge in [-0.1, -0.05) is 13.8 Å². The Morgan fingerprint density at radius 3 is 1.84 bits per heavy atom. The van der Waals surface area contributed by atoms with E-state index in [9.17, 15) is 4.79 Å². The number of hydrogen-bond donors (Lipinski definition) is 2. The molecule has 0 amide bonds. The maximum absolute atomic E-state index is 10.9. The quantitative estimate of drug-likeness (QED) is 0.820. The molecule has 0 aromatic heterocycles. The molecule has 2 aliphatic carbocycles. The molecule has 2 fully saturated rings. The monoisotopic (exact) mass is 267 g/mol. The highest BCUT2D eigenvalue weighted by atomic mass is 16.4. The Morgan fingerprint density at radius 1 is 0.947 bits per heavy atom. The topological polar surface area (TPSA) is 49.3 Å². The van der Waals surface area contributed by atoms with E-state index in [1.807, 2.05) is 0 Å². The average Bonchev–Trinajstić information content (AvgIpc) is 2.40. The van der Waals surface area contributed by atoms with E-state index in [4.69, 9.17) is 5.11 Å². The number of aliphatic carboxylic acids is 1. The van der Waals surface area contributed by atoms with Gasteiger partial charge in [0.1, 0.15) is 0 Å². The van der Waals surface area contributed by atoms with Crippen molar-refractivity contribution in [3.8, 4) is 0 Å². The maximum Gasteiger partial charge on any atom is 0.306 e. The summed E-state index contributed by atoms with van der Waals surface area (Å²) in [5, 5.41) is 12.8. The SMILES string of the molecule is CC(C)C1CCC(NC2CCC(C(=O)O)CC2)CC1. The van der Waals surface area contributed by atoms with Crippen LogP contribution in [0.5, 0.6) is 0 Å². The van der Waals surface area contributed by atoms with Gasteiger partial charge in [-0.25, -0.2) is 0 Å². The van der Waals surface area contributed by atoms with E-state index in [0.717, 1.165) is 37.5 Å². The fourth-order valence-electron chi connectivity index (χ4n) is 3.79. The first-order valence-electron chi connectivity index (χ1n) is 8.05. The van der Waals surface area contributed by atoms with Gasteiger partial charge in [-0.3, -0.25) is 4.79 Å². The molecule has 0 unspecified atom stereocenters. The van der Waals surface area contributed by atoms with E-state index < -0.39 is 5.97 Å². The molecule has 2 rings (SSSR count). The van der Waals surface area contributed by atoms with Gasteiger partial charge in [0.15, 0.2) is 0 Å². The van der Waals surface area contributed by atoms with Crippen molar-refractivity contribution >= 4 is 5.97 Å². The molecule has 2 saturated carbocycles. The lowest BCUT2D eigenvalue weighted by Crippen LogP contribution is -2.43. The van der Waals surface area contributed by atoms with E-state index in [0.29, 0.717) is 12.1 Å². The van der Waals surface area contributed by atoms with Crippen molar-refractivity contribution in [2.24, 2.45) is 17.8 Å². The van der Waals surface area contributed by atoms with Gasteiger partial charge in [-0.15, -0.1) is 0 Å². The van der Waals surface area contributed by atoms with Crippen molar-refractivity contribution in [1.29, 1.82) is 0 Å². The maximum atomic E-state index is 10.9. The van der Waals surface area contributed by atoms with Crippen LogP contribution in [0.15, 0.2) is 0 Å². The number of nitrogens with one attached hydrogen (secondary N) is 1. The van der Waals surface area contributed by atoms with Gasteiger partial charge in [0.2, 0.25) is 0 Å². The zero-order chi connectivity index (χ0) is 13.8. The standard InChI is InChI=1S/C16H29NO2/c1-11(2)12-3-7-14(8-4-12)17-15-9-5-13(6-10-15)16(18)19/h11-15,17H,3-10H2,1-2H3,(H,18,19). The minimum absolute atomic E-state index is 0.0882. The predicted octanol–water partition coefficient (Wildman–Crippen LogP) is 3.43. The molecule has 3 heteroatoms. The van der Waals surface area contributed by atoms with Crippen LogP contribution in [-0.4, -0.2) is 23.2 Å². The number of carboxylic acid groups (broad SMARTS) is 1. The number of carbonyl (C=O) groups is 1. The van der Waals surface area contributed by atoms with Crippen LogP contribution in [0.1, 0.15) is 65.2 Å². The Balaban J connectivity index is 1.68. The van der Waals surface area contributed by atoms with Crippen molar-refractivity contribution in [3.63, 3.8) is 0 Å². The summed E-state index contributed by atoms with van der Waals surface area (Å²) in [4.78, 5) is 10.9. The lowest BCUT2D eigenvalue weighted by atomic mass is 9.79. The normalized spacial score (nSPS) is 36.4. The molecule has 0 aliphatic heterocycles. The summed E-state index contributed by atoms with van der Waals surface area (Å²) in [6, 6.07) is 1.25. The van der Waals surface area contributed by atoms with Gasteiger partial charge in [0, 0.05) is 12.1 Å². The van der Waals surface area contributed by atoms with Crippen LogP contribution in [0.3, 0.4) is 0 Å². The largest absolute Gasteiger partial charge is 0.481 e. The Hall–Kier alpha value is -0.570. The average molecular weight is 267 g/mol. The predicted molar refractivity (Wildman–Crippen MR) is 77.1 cm³/mol. The van der Waals surface area contributed by atoms with Crippen molar-refractivity contribution in [3.05, 3.63) is 0 Å². The van der Waals surface area contributed by atoms with Crippen LogP contribution in [0.2, 0.25) is 0 Å². The summed E-state index contributed by atoms with van der Waals surface area (Å²) < 4.78 is 0. The summed E-state index contributed by atoms with van der Waals surface area (Å²) in [5.41, 5.74) is 0. The van der Waals surface area contributed by atoms with Gasteiger partial charge in [0.25, 0.3) is 0 Å². The summed E-state index contributed by atoms with van der Waals surface area (Å²) in [5.74, 6) is 1.05. The second kappa shape index (κ2) is 6.74. The van der Waals surface area contributed by atoms with Crippen LogP contribution in [0.25, 0.3) is 0 Å². The van der Waals surface area contributed by atoms with Gasteiger partial charge in [-0.05, 0) is 63.2 Å². The molecule has 19 heavy (non-hydrogen) atoms. The Labute approximate surface area is 117 Å².